The molecule has 0 bridgehead atoms. The van der Waals surface area contributed by atoms with Crippen LogP contribution in [0, 0.1) is 11.6 Å². The van der Waals surface area contributed by atoms with Gasteiger partial charge in [-0.3, -0.25) is 0 Å². The molecule has 21 heavy (non-hydrogen) atoms. The Balaban J connectivity index is 2.04. The van der Waals surface area contributed by atoms with E-state index >= 15 is 0 Å². The maximum absolute atomic E-state index is 13.6. The molecule has 2 aromatic rings. The van der Waals surface area contributed by atoms with Gasteiger partial charge in [0.05, 0.1) is 12.0 Å². The van der Waals surface area contributed by atoms with Crippen LogP contribution >= 0.6 is 11.6 Å². The molecule has 1 nitrogen and oxygen atoms in total. The van der Waals surface area contributed by atoms with Crippen molar-refractivity contribution in [3.8, 4) is 0 Å². The van der Waals surface area contributed by atoms with Crippen LogP contribution in [-0.2, 0) is 17.6 Å². The number of ether oxygens (including phenoxy) is 1. The summed E-state index contributed by atoms with van der Waals surface area (Å²) in [6.07, 6.45) is 1.17. The minimum atomic E-state index is -0.579. The predicted octanol–water partition coefficient (Wildman–Crippen LogP) is 4.68. The van der Waals surface area contributed by atoms with Crippen LogP contribution in [0.1, 0.15) is 22.1 Å². The summed E-state index contributed by atoms with van der Waals surface area (Å²) in [7, 11) is 1.67. The highest BCUT2D eigenvalue weighted by molar-refractivity contribution is 6.20. The summed E-state index contributed by atoms with van der Waals surface area (Å²) in [5, 5.41) is -0.346. The number of alkyl halides is 1. The molecule has 0 spiro atoms. The van der Waals surface area contributed by atoms with Gasteiger partial charge in [0, 0.05) is 13.2 Å². The number of hydrogen-bond donors (Lipinski definition) is 0. The van der Waals surface area contributed by atoms with E-state index in [1.165, 1.54) is 12.1 Å². The van der Waals surface area contributed by atoms with Crippen LogP contribution in [-0.4, -0.2) is 13.7 Å². The van der Waals surface area contributed by atoms with Crippen molar-refractivity contribution in [2.45, 2.75) is 18.2 Å². The lowest BCUT2D eigenvalue weighted by molar-refractivity contribution is 0.202. The van der Waals surface area contributed by atoms with Crippen molar-refractivity contribution in [1.82, 2.24) is 0 Å². The molecule has 112 valence electrons. The topological polar surface area (TPSA) is 9.23 Å². The zero-order valence-corrected chi connectivity index (χ0v) is 12.5. The molecule has 0 amide bonds. The zero-order valence-electron chi connectivity index (χ0n) is 11.8. The van der Waals surface area contributed by atoms with Gasteiger partial charge in [-0.1, -0.05) is 30.3 Å². The van der Waals surface area contributed by atoms with Crippen molar-refractivity contribution < 1.29 is 13.5 Å². The highest BCUT2D eigenvalue weighted by Gasteiger charge is 2.12. The first-order valence-corrected chi connectivity index (χ1v) is 7.19. The number of rotatable bonds is 6. The van der Waals surface area contributed by atoms with Gasteiger partial charge in [-0.05, 0) is 35.6 Å². The maximum Gasteiger partial charge on any atom is 0.129 e. The van der Waals surface area contributed by atoms with Crippen LogP contribution in [0.25, 0.3) is 0 Å². The molecule has 0 aliphatic rings. The van der Waals surface area contributed by atoms with Crippen molar-refractivity contribution in [3.63, 3.8) is 0 Å². The Labute approximate surface area is 128 Å². The van der Waals surface area contributed by atoms with Crippen LogP contribution in [0.5, 0.6) is 0 Å². The van der Waals surface area contributed by atoms with Crippen molar-refractivity contribution in [3.05, 3.63) is 70.8 Å². The molecule has 2 aromatic carbocycles. The van der Waals surface area contributed by atoms with Gasteiger partial charge in [-0.15, -0.1) is 11.6 Å². The molecule has 0 aliphatic heterocycles. The minimum absolute atomic E-state index is 0.324. The van der Waals surface area contributed by atoms with Gasteiger partial charge in [0.25, 0.3) is 0 Å². The third-order valence-electron chi connectivity index (χ3n) is 3.35. The normalized spacial score (nSPS) is 12.4. The Morgan fingerprint density at radius 2 is 1.81 bits per heavy atom. The van der Waals surface area contributed by atoms with E-state index in [1.54, 1.807) is 7.11 Å². The Morgan fingerprint density at radius 3 is 2.43 bits per heavy atom. The molecule has 0 radical (unpaired) electrons. The summed E-state index contributed by atoms with van der Waals surface area (Å²) in [5.74, 6) is -1.14. The van der Waals surface area contributed by atoms with Crippen LogP contribution < -0.4 is 0 Å². The van der Waals surface area contributed by atoms with E-state index in [1.807, 2.05) is 24.3 Å². The lowest BCUT2D eigenvalue weighted by Crippen LogP contribution is -2.00. The summed E-state index contributed by atoms with van der Waals surface area (Å²) < 4.78 is 31.5. The van der Waals surface area contributed by atoms with E-state index in [-0.39, 0.29) is 5.38 Å². The highest BCUT2D eigenvalue weighted by atomic mass is 35.5. The van der Waals surface area contributed by atoms with Crippen LogP contribution in [0.2, 0.25) is 0 Å². The molecule has 0 N–H and O–H groups in total. The summed E-state index contributed by atoms with van der Waals surface area (Å²) in [6, 6.07) is 11.4. The average molecular weight is 311 g/mol. The number of methoxy groups -OCH3 is 1. The second kappa shape index (κ2) is 7.53. The fraction of sp³-hybridized carbons (Fsp3) is 0.294. The first-order valence-electron chi connectivity index (χ1n) is 6.76. The van der Waals surface area contributed by atoms with Gasteiger partial charge in [0.1, 0.15) is 11.6 Å². The Morgan fingerprint density at radius 1 is 1.10 bits per heavy atom. The number of halogens is 3. The first kappa shape index (κ1) is 15.9. The Kier molecular flexibility index (Phi) is 5.71. The standard InChI is InChI=1S/C17H17ClF2O/c1-21-9-8-12-2-4-13(5-3-12)16(18)10-14-6-7-15(19)11-17(14)20/h2-7,11,16H,8-10H2,1H3. The van der Waals surface area contributed by atoms with Crippen molar-refractivity contribution in [2.75, 3.05) is 13.7 Å². The largest absolute Gasteiger partial charge is 0.384 e. The molecular weight excluding hydrogens is 294 g/mol. The molecule has 4 heteroatoms. The first-order chi connectivity index (χ1) is 10.1. The maximum atomic E-state index is 13.6. The molecule has 0 aromatic heterocycles. The van der Waals surface area contributed by atoms with Crippen molar-refractivity contribution >= 4 is 11.6 Å². The zero-order chi connectivity index (χ0) is 15.2. The van der Waals surface area contributed by atoms with E-state index < -0.39 is 11.6 Å². The fourth-order valence-corrected chi connectivity index (χ4v) is 2.42. The van der Waals surface area contributed by atoms with E-state index in [2.05, 4.69) is 0 Å². The minimum Gasteiger partial charge on any atom is -0.384 e. The SMILES string of the molecule is COCCc1ccc(C(Cl)Cc2ccc(F)cc2F)cc1. The molecular formula is C17H17ClF2O. The van der Waals surface area contributed by atoms with E-state index in [9.17, 15) is 8.78 Å². The predicted molar refractivity (Wildman–Crippen MR) is 80.7 cm³/mol. The van der Waals surface area contributed by atoms with Gasteiger partial charge in [-0.25, -0.2) is 8.78 Å². The van der Waals surface area contributed by atoms with Crippen LogP contribution in [0.3, 0.4) is 0 Å². The summed E-state index contributed by atoms with van der Waals surface area (Å²) in [6.45, 7) is 0.671. The second-order valence-corrected chi connectivity index (χ2v) is 5.42. The Hall–Kier alpha value is -1.45. The number of benzene rings is 2. The van der Waals surface area contributed by atoms with Gasteiger partial charge < -0.3 is 4.74 Å². The van der Waals surface area contributed by atoms with Crippen LogP contribution in [0.4, 0.5) is 8.78 Å². The fourth-order valence-electron chi connectivity index (χ4n) is 2.11. The number of hydrogen-bond acceptors (Lipinski definition) is 1. The van der Waals surface area contributed by atoms with Gasteiger partial charge in [0.2, 0.25) is 0 Å². The van der Waals surface area contributed by atoms with Gasteiger partial charge in [0.15, 0.2) is 0 Å². The molecule has 1 atom stereocenters. The molecule has 0 fully saturated rings. The smallest absolute Gasteiger partial charge is 0.129 e. The summed E-state index contributed by atoms with van der Waals surface area (Å²) in [5.41, 5.74) is 2.50. The molecule has 0 saturated heterocycles. The molecule has 0 aliphatic carbocycles. The van der Waals surface area contributed by atoms with E-state index in [0.29, 0.717) is 18.6 Å². The molecule has 0 saturated carbocycles. The van der Waals surface area contributed by atoms with Crippen molar-refractivity contribution in [2.24, 2.45) is 0 Å². The second-order valence-electron chi connectivity index (χ2n) is 4.89. The van der Waals surface area contributed by atoms with Crippen molar-refractivity contribution in [1.29, 1.82) is 0 Å². The van der Waals surface area contributed by atoms with E-state index in [4.69, 9.17) is 16.3 Å². The lowest BCUT2D eigenvalue weighted by atomic mass is 10.0. The molecule has 1 unspecified atom stereocenters. The molecule has 0 heterocycles. The monoisotopic (exact) mass is 310 g/mol. The quantitative estimate of drug-likeness (QED) is 0.704. The van der Waals surface area contributed by atoms with Gasteiger partial charge >= 0.3 is 0 Å². The highest BCUT2D eigenvalue weighted by Crippen LogP contribution is 2.26. The third kappa shape index (κ3) is 4.51. The Bertz CT molecular complexity index is 584. The summed E-state index contributed by atoms with van der Waals surface area (Å²) >= 11 is 6.32. The molecule has 2 rings (SSSR count). The third-order valence-corrected chi connectivity index (χ3v) is 3.76. The van der Waals surface area contributed by atoms with Crippen LogP contribution in [0.15, 0.2) is 42.5 Å². The van der Waals surface area contributed by atoms with E-state index in [0.717, 1.165) is 23.6 Å². The average Bonchev–Trinajstić information content (AvgIpc) is 2.48. The van der Waals surface area contributed by atoms with Gasteiger partial charge in [-0.2, -0.15) is 0 Å². The summed E-state index contributed by atoms with van der Waals surface area (Å²) in [4.78, 5) is 0. The lowest BCUT2D eigenvalue weighted by Gasteiger charge is -2.11.